The molecule has 18 heavy (non-hydrogen) atoms. The normalized spacial score (nSPS) is 29.2. The second kappa shape index (κ2) is 5.12. The zero-order chi connectivity index (χ0) is 13.2. The van der Waals surface area contributed by atoms with Crippen molar-refractivity contribution in [1.82, 2.24) is 5.32 Å². The summed E-state index contributed by atoms with van der Waals surface area (Å²) in [4.78, 5) is 23.8. The lowest BCUT2D eigenvalue weighted by Gasteiger charge is -2.27. The van der Waals surface area contributed by atoms with E-state index in [1.165, 1.54) is 0 Å². The lowest BCUT2D eigenvalue weighted by atomic mass is 9.79. The minimum atomic E-state index is -0.608. The van der Waals surface area contributed by atoms with E-state index >= 15 is 0 Å². The van der Waals surface area contributed by atoms with Crippen molar-refractivity contribution in [3.8, 4) is 0 Å². The fourth-order valence-corrected chi connectivity index (χ4v) is 3.26. The van der Waals surface area contributed by atoms with Gasteiger partial charge >= 0.3 is 0 Å². The van der Waals surface area contributed by atoms with Crippen molar-refractivity contribution in [2.45, 2.75) is 45.4 Å². The summed E-state index contributed by atoms with van der Waals surface area (Å²) in [5.74, 6) is -0.0570. The number of unbranched alkanes of at least 4 members (excludes halogenated alkanes) is 2. The number of amides is 2. The van der Waals surface area contributed by atoms with Crippen LogP contribution in [0.4, 0.5) is 0 Å². The number of nitrogens with one attached hydrogen (secondary N) is 1. The first-order valence-corrected chi connectivity index (χ1v) is 6.90. The van der Waals surface area contributed by atoms with Crippen molar-refractivity contribution >= 4 is 11.8 Å². The van der Waals surface area contributed by atoms with Crippen LogP contribution in [0.1, 0.15) is 45.4 Å². The summed E-state index contributed by atoms with van der Waals surface area (Å²) in [6.07, 6.45) is 7.70. The molecule has 0 spiro atoms. The van der Waals surface area contributed by atoms with Crippen LogP contribution < -0.4 is 11.1 Å². The van der Waals surface area contributed by atoms with E-state index in [1.54, 1.807) is 0 Å². The molecule has 2 aliphatic rings. The molecule has 2 unspecified atom stereocenters. The molecule has 0 radical (unpaired) electrons. The molecular weight excluding hydrogens is 228 g/mol. The van der Waals surface area contributed by atoms with Crippen molar-refractivity contribution in [3.63, 3.8) is 0 Å². The highest BCUT2D eigenvalue weighted by atomic mass is 16.2. The largest absolute Gasteiger partial charge is 0.366 e. The summed E-state index contributed by atoms with van der Waals surface area (Å²) in [5.41, 5.74) is 5.34. The van der Waals surface area contributed by atoms with E-state index in [0.717, 1.165) is 38.5 Å². The first-order chi connectivity index (χ1) is 8.60. The van der Waals surface area contributed by atoms with Crippen LogP contribution in [0, 0.1) is 11.3 Å². The molecule has 4 heteroatoms. The Labute approximate surface area is 108 Å². The second-order valence-corrected chi connectivity index (χ2v) is 5.49. The van der Waals surface area contributed by atoms with E-state index in [0.29, 0.717) is 18.0 Å². The summed E-state index contributed by atoms with van der Waals surface area (Å²) in [7, 11) is 0. The summed E-state index contributed by atoms with van der Waals surface area (Å²) >= 11 is 0. The molecule has 4 nitrogen and oxygen atoms in total. The van der Waals surface area contributed by atoms with Gasteiger partial charge in [-0.25, -0.2) is 0 Å². The van der Waals surface area contributed by atoms with Gasteiger partial charge in [-0.1, -0.05) is 25.8 Å². The molecule has 2 aliphatic carbocycles. The van der Waals surface area contributed by atoms with Gasteiger partial charge in [0, 0.05) is 12.1 Å². The van der Waals surface area contributed by atoms with Crippen LogP contribution in [0.25, 0.3) is 0 Å². The van der Waals surface area contributed by atoms with Gasteiger partial charge in [0.2, 0.25) is 11.8 Å². The van der Waals surface area contributed by atoms with Crippen molar-refractivity contribution < 1.29 is 9.59 Å². The Balaban J connectivity index is 2.00. The predicted molar refractivity (Wildman–Crippen MR) is 69.6 cm³/mol. The van der Waals surface area contributed by atoms with E-state index in [1.807, 2.05) is 6.08 Å². The minimum absolute atomic E-state index is 0.00338. The van der Waals surface area contributed by atoms with E-state index < -0.39 is 11.3 Å². The number of hydrogen-bond acceptors (Lipinski definition) is 2. The number of carbonyl (C=O) groups excluding carboxylic acids is 2. The molecule has 2 atom stereocenters. The van der Waals surface area contributed by atoms with Crippen molar-refractivity contribution in [1.29, 1.82) is 0 Å². The quantitative estimate of drug-likeness (QED) is 0.701. The zero-order valence-electron chi connectivity index (χ0n) is 11.0. The second-order valence-electron chi connectivity index (χ2n) is 5.49. The van der Waals surface area contributed by atoms with Crippen LogP contribution in [0.5, 0.6) is 0 Å². The van der Waals surface area contributed by atoms with E-state index in [9.17, 15) is 9.59 Å². The maximum atomic E-state index is 12.3. The lowest BCUT2D eigenvalue weighted by molar-refractivity contribution is -0.130. The number of nitrogens with two attached hydrogens (primary N) is 1. The number of primary amides is 1. The van der Waals surface area contributed by atoms with Gasteiger partial charge in [0.05, 0.1) is 5.41 Å². The number of carbonyl (C=O) groups is 2. The van der Waals surface area contributed by atoms with Crippen molar-refractivity contribution in [3.05, 3.63) is 11.6 Å². The Morgan fingerprint density at radius 2 is 2.28 bits per heavy atom. The van der Waals surface area contributed by atoms with Gasteiger partial charge in [-0.2, -0.15) is 0 Å². The van der Waals surface area contributed by atoms with Gasteiger partial charge < -0.3 is 11.1 Å². The van der Waals surface area contributed by atoms with Crippen LogP contribution in [-0.2, 0) is 9.59 Å². The van der Waals surface area contributed by atoms with Crippen LogP contribution >= 0.6 is 0 Å². The molecule has 2 amide bonds. The minimum Gasteiger partial charge on any atom is -0.366 e. The Hall–Kier alpha value is -1.32. The van der Waals surface area contributed by atoms with Crippen LogP contribution in [0.2, 0.25) is 0 Å². The Kier molecular flexibility index (Phi) is 3.73. The fraction of sp³-hybridized carbons (Fsp3) is 0.714. The van der Waals surface area contributed by atoms with Gasteiger partial charge in [0.15, 0.2) is 0 Å². The molecule has 3 N–H and O–H groups in total. The molecule has 0 aromatic heterocycles. The van der Waals surface area contributed by atoms with Gasteiger partial charge in [-0.05, 0) is 31.6 Å². The third kappa shape index (κ3) is 2.16. The third-order valence-corrected chi connectivity index (χ3v) is 4.24. The van der Waals surface area contributed by atoms with E-state index in [-0.39, 0.29) is 5.91 Å². The van der Waals surface area contributed by atoms with Gasteiger partial charge in [0.1, 0.15) is 0 Å². The van der Waals surface area contributed by atoms with Gasteiger partial charge in [-0.3, -0.25) is 9.59 Å². The molecule has 1 fully saturated rings. The molecule has 2 bridgehead atoms. The predicted octanol–water partition coefficient (Wildman–Crippen LogP) is 1.50. The maximum Gasteiger partial charge on any atom is 0.245 e. The lowest BCUT2D eigenvalue weighted by Crippen LogP contribution is -2.43. The summed E-state index contributed by atoms with van der Waals surface area (Å²) in [5, 5.41) is 2.98. The molecule has 100 valence electrons. The Morgan fingerprint density at radius 1 is 1.50 bits per heavy atom. The molecule has 0 saturated heterocycles. The van der Waals surface area contributed by atoms with E-state index in [4.69, 9.17) is 5.73 Å². The maximum absolute atomic E-state index is 12.3. The fourth-order valence-electron chi connectivity index (χ4n) is 3.26. The average molecular weight is 250 g/mol. The summed E-state index contributed by atoms with van der Waals surface area (Å²) < 4.78 is 0. The van der Waals surface area contributed by atoms with Crippen LogP contribution in [0.15, 0.2) is 11.6 Å². The standard InChI is InChI=1S/C14H22N2O2/c1-2-3-4-7-16-13(18)14-6-5-10(9-14)8-11(14)12(15)17/h8,10H,2-7,9H2,1H3,(H2,15,17)(H,16,18). The highest BCUT2D eigenvalue weighted by Gasteiger charge is 2.53. The number of rotatable bonds is 6. The molecule has 0 aliphatic heterocycles. The first kappa shape index (κ1) is 13.1. The van der Waals surface area contributed by atoms with Crippen LogP contribution in [-0.4, -0.2) is 18.4 Å². The molecule has 0 aromatic carbocycles. The SMILES string of the molecule is CCCCCNC(=O)C12CCC(C=C1C(N)=O)C2. The summed E-state index contributed by atoms with van der Waals surface area (Å²) in [6, 6.07) is 0. The highest BCUT2D eigenvalue weighted by Crippen LogP contribution is 2.53. The van der Waals surface area contributed by atoms with Crippen molar-refractivity contribution in [2.24, 2.45) is 17.1 Å². The Bertz CT molecular complexity index is 389. The smallest absolute Gasteiger partial charge is 0.245 e. The van der Waals surface area contributed by atoms with E-state index in [2.05, 4.69) is 12.2 Å². The topological polar surface area (TPSA) is 72.2 Å². The molecule has 0 heterocycles. The number of hydrogen-bond donors (Lipinski definition) is 2. The molecular formula is C14H22N2O2. The average Bonchev–Trinajstić information content (AvgIpc) is 2.93. The summed E-state index contributed by atoms with van der Waals surface area (Å²) in [6.45, 7) is 2.83. The first-order valence-electron chi connectivity index (χ1n) is 6.90. The highest BCUT2D eigenvalue weighted by molar-refractivity contribution is 6.03. The molecule has 2 rings (SSSR count). The van der Waals surface area contributed by atoms with Gasteiger partial charge in [0.25, 0.3) is 0 Å². The monoisotopic (exact) mass is 250 g/mol. The van der Waals surface area contributed by atoms with Crippen molar-refractivity contribution in [2.75, 3.05) is 6.54 Å². The third-order valence-electron chi connectivity index (χ3n) is 4.24. The molecule has 0 aromatic rings. The van der Waals surface area contributed by atoms with Crippen LogP contribution in [0.3, 0.4) is 0 Å². The number of allylic oxidation sites excluding steroid dienone is 1. The zero-order valence-corrected chi connectivity index (χ0v) is 11.0. The van der Waals surface area contributed by atoms with Gasteiger partial charge in [-0.15, -0.1) is 0 Å². The number of fused-ring (bicyclic) bond motifs is 2. The molecule has 1 saturated carbocycles. The Morgan fingerprint density at radius 3 is 2.89 bits per heavy atom.